The van der Waals surface area contributed by atoms with Crippen molar-refractivity contribution >= 4 is 5.97 Å². The van der Waals surface area contributed by atoms with Gasteiger partial charge in [0.2, 0.25) is 5.76 Å². The number of benzene rings is 1. The quantitative estimate of drug-likeness (QED) is 0.881. The molecule has 0 aliphatic rings. The van der Waals surface area contributed by atoms with Gasteiger partial charge in [-0.3, -0.25) is 0 Å². The third kappa shape index (κ3) is 2.23. The first kappa shape index (κ1) is 12.3. The van der Waals surface area contributed by atoms with Crippen LogP contribution < -0.4 is 0 Å². The van der Waals surface area contributed by atoms with Crippen molar-refractivity contribution in [1.29, 1.82) is 0 Å². The third-order valence-corrected chi connectivity index (χ3v) is 2.36. The minimum Gasteiger partial charge on any atom is -0.475 e. The van der Waals surface area contributed by atoms with Gasteiger partial charge >= 0.3 is 5.97 Å². The zero-order valence-electron chi connectivity index (χ0n) is 8.93. The molecule has 6 heteroatoms. The van der Waals surface area contributed by atoms with E-state index in [1.54, 1.807) is 0 Å². The fraction of sp³-hybridized carbons (Fsp3) is 0.0833. The molecule has 0 saturated heterocycles. The molecule has 0 spiro atoms. The van der Waals surface area contributed by atoms with E-state index in [1.165, 1.54) is 6.07 Å². The second-order valence-electron chi connectivity index (χ2n) is 3.58. The topological polar surface area (TPSA) is 70.7 Å². The number of carboxylic acids is 1. The Kier molecular flexibility index (Phi) is 3.12. The molecule has 0 aliphatic carbocycles. The fourth-order valence-electron chi connectivity index (χ4n) is 1.49. The van der Waals surface area contributed by atoms with Gasteiger partial charge in [0, 0.05) is 5.56 Å². The Hall–Kier alpha value is -2.21. The van der Waals surface area contributed by atoms with Gasteiger partial charge in [-0.15, -0.1) is 0 Å². The van der Waals surface area contributed by atoms with E-state index >= 15 is 0 Å². The smallest absolute Gasteiger partial charge is 0.371 e. The number of furan rings is 1. The monoisotopic (exact) mass is 254 g/mol. The average Bonchev–Trinajstić information content (AvgIpc) is 2.81. The number of carbonyl (C=O) groups is 1. The van der Waals surface area contributed by atoms with Crippen molar-refractivity contribution in [2.24, 2.45) is 0 Å². The largest absolute Gasteiger partial charge is 0.475 e. The Bertz CT molecular complexity index is 592. The lowest BCUT2D eigenvalue weighted by molar-refractivity contribution is 0.0654. The van der Waals surface area contributed by atoms with Gasteiger partial charge in [0.15, 0.2) is 0 Å². The zero-order valence-corrected chi connectivity index (χ0v) is 8.93. The number of halogens is 2. The van der Waals surface area contributed by atoms with Crippen molar-refractivity contribution < 1.29 is 28.2 Å². The maximum atomic E-state index is 13.4. The van der Waals surface area contributed by atoms with Gasteiger partial charge in [-0.25, -0.2) is 13.6 Å². The van der Waals surface area contributed by atoms with Crippen LogP contribution >= 0.6 is 0 Å². The van der Waals surface area contributed by atoms with Crippen LogP contribution in [0, 0.1) is 11.6 Å². The minimum absolute atomic E-state index is 0.170. The van der Waals surface area contributed by atoms with Gasteiger partial charge in [-0.2, -0.15) is 0 Å². The van der Waals surface area contributed by atoms with Gasteiger partial charge in [-0.1, -0.05) is 0 Å². The highest BCUT2D eigenvalue weighted by atomic mass is 19.1. The van der Waals surface area contributed by atoms with Gasteiger partial charge in [0.25, 0.3) is 0 Å². The molecule has 1 aromatic heterocycles. The lowest BCUT2D eigenvalue weighted by Gasteiger charge is -2.09. The van der Waals surface area contributed by atoms with E-state index in [-0.39, 0.29) is 17.1 Å². The van der Waals surface area contributed by atoms with Crippen LogP contribution in [0.4, 0.5) is 8.78 Å². The molecule has 1 heterocycles. The fourth-order valence-corrected chi connectivity index (χ4v) is 1.49. The summed E-state index contributed by atoms with van der Waals surface area (Å²) in [6.45, 7) is 0. The van der Waals surface area contributed by atoms with Crippen LogP contribution in [0.5, 0.6) is 0 Å². The lowest BCUT2D eigenvalue weighted by Crippen LogP contribution is -2.02. The lowest BCUT2D eigenvalue weighted by atomic mass is 10.1. The Morgan fingerprint density at radius 2 is 1.94 bits per heavy atom. The van der Waals surface area contributed by atoms with Crippen molar-refractivity contribution in [3.8, 4) is 0 Å². The Labute approximate surface area is 100 Å². The molecule has 0 aliphatic heterocycles. The summed E-state index contributed by atoms with van der Waals surface area (Å²) in [5.74, 6) is -3.39. The summed E-state index contributed by atoms with van der Waals surface area (Å²) < 4.78 is 31.2. The molecular weight excluding hydrogens is 246 g/mol. The van der Waals surface area contributed by atoms with E-state index < -0.39 is 23.7 Å². The highest BCUT2D eigenvalue weighted by molar-refractivity contribution is 5.84. The average molecular weight is 254 g/mol. The van der Waals surface area contributed by atoms with Crippen molar-refractivity contribution in [2.75, 3.05) is 0 Å². The molecule has 0 fully saturated rings. The number of hydrogen-bond acceptors (Lipinski definition) is 3. The number of rotatable bonds is 3. The van der Waals surface area contributed by atoms with Crippen LogP contribution in [0.3, 0.4) is 0 Å². The summed E-state index contributed by atoms with van der Waals surface area (Å²) in [6.07, 6.45) is -1.56. The molecule has 0 saturated carbocycles. The van der Waals surface area contributed by atoms with E-state index in [2.05, 4.69) is 0 Å². The highest BCUT2D eigenvalue weighted by Crippen LogP contribution is 2.26. The van der Waals surface area contributed by atoms with Crippen LogP contribution in [0.1, 0.15) is 28.0 Å². The van der Waals surface area contributed by atoms with Crippen LogP contribution in [-0.2, 0) is 0 Å². The number of aromatic carboxylic acids is 1. The maximum Gasteiger partial charge on any atom is 0.371 e. The molecular formula is C12H8F2O4. The van der Waals surface area contributed by atoms with Crippen LogP contribution in [0.25, 0.3) is 0 Å². The summed E-state index contributed by atoms with van der Waals surface area (Å²) in [5, 5.41) is 18.4. The molecule has 2 rings (SSSR count). The predicted octanol–water partition coefficient (Wildman–Crippen LogP) is 2.34. The molecule has 2 aromatic rings. The molecule has 18 heavy (non-hydrogen) atoms. The second-order valence-corrected chi connectivity index (χ2v) is 3.58. The van der Waals surface area contributed by atoms with Crippen molar-refractivity contribution in [3.05, 3.63) is 59.1 Å². The van der Waals surface area contributed by atoms with E-state index in [4.69, 9.17) is 9.52 Å². The van der Waals surface area contributed by atoms with Crippen LogP contribution in [-0.4, -0.2) is 16.2 Å². The number of aliphatic hydroxyl groups excluding tert-OH is 1. The SMILES string of the molecule is O=C(O)c1ccc(C(O)c2cc(F)ccc2F)o1. The molecule has 1 unspecified atom stereocenters. The van der Waals surface area contributed by atoms with Crippen molar-refractivity contribution in [2.45, 2.75) is 6.10 Å². The van der Waals surface area contributed by atoms with Gasteiger partial charge in [0.1, 0.15) is 23.5 Å². The Morgan fingerprint density at radius 3 is 2.56 bits per heavy atom. The summed E-state index contributed by atoms with van der Waals surface area (Å²) in [7, 11) is 0. The first-order valence-corrected chi connectivity index (χ1v) is 4.95. The number of carboxylic acid groups (broad SMARTS) is 1. The van der Waals surface area contributed by atoms with Crippen LogP contribution in [0.2, 0.25) is 0 Å². The van der Waals surface area contributed by atoms with Gasteiger partial charge < -0.3 is 14.6 Å². The third-order valence-electron chi connectivity index (χ3n) is 2.36. The molecule has 1 aromatic carbocycles. The van der Waals surface area contributed by atoms with Crippen LogP contribution in [0.15, 0.2) is 34.7 Å². The number of aliphatic hydroxyl groups is 1. The van der Waals surface area contributed by atoms with E-state index in [1.807, 2.05) is 0 Å². The van der Waals surface area contributed by atoms with Crippen molar-refractivity contribution in [3.63, 3.8) is 0 Å². The summed E-state index contributed by atoms with van der Waals surface area (Å²) >= 11 is 0. The summed E-state index contributed by atoms with van der Waals surface area (Å²) in [5.41, 5.74) is -0.318. The van der Waals surface area contributed by atoms with E-state index in [9.17, 15) is 18.7 Å². The molecule has 4 nitrogen and oxygen atoms in total. The molecule has 1 atom stereocenters. The highest BCUT2D eigenvalue weighted by Gasteiger charge is 2.20. The zero-order chi connectivity index (χ0) is 13.3. The Balaban J connectivity index is 2.37. The normalized spacial score (nSPS) is 12.4. The summed E-state index contributed by atoms with van der Waals surface area (Å²) in [6, 6.07) is 4.92. The molecule has 94 valence electrons. The Morgan fingerprint density at radius 1 is 1.22 bits per heavy atom. The minimum atomic E-state index is -1.56. The number of hydrogen-bond donors (Lipinski definition) is 2. The first-order chi connectivity index (χ1) is 8.49. The maximum absolute atomic E-state index is 13.4. The van der Waals surface area contributed by atoms with E-state index in [0.717, 1.165) is 24.3 Å². The standard InChI is InChI=1S/C12H8F2O4/c13-6-1-2-8(14)7(5-6)11(15)9-3-4-10(18-9)12(16)17/h1-5,11,15H,(H,16,17). The van der Waals surface area contributed by atoms with E-state index in [0.29, 0.717) is 0 Å². The van der Waals surface area contributed by atoms with Gasteiger partial charge in [-0.05, 0) is 30.3 Å². The molecule has 0 amide bonds. The molecule has 0 radical (unpaired) electrons. The van der Waals surface area contributed by atoms with Crippen molar-refractivity contribution in [1.82, 2.24) is 0 Å². The predicted molar refractivity (Wildman–Crippen MR) is 56.1 cm³/mol. The molecule has 2 N–H and O–H groups in total. The summed E-state index contributed by atoms with van der Waals surface area (Å²) in [4.78, 5) is 10.6. The first-order valence-electron chi connectivity index (χ1n) is 4.95. The molecule has 0 bridgehead atoms. The van der Waals surface area contributed by atoms with Gasteiger partial charge in [0.05, 0.1) is 0 Å². The second kappa shape index (κ2) is 4.58.